The summed E-state index contributed by atoms with van der Waals surface area (Å²) in [7, 11) is 1.56. The highest BCUT2D eigenvalue weighted by Gasteiger charge is 2.27. The molecule has 0 bridgehead atoms. The number of hydrogen-bond donors (Lipinski definition) is 3. The second-order valence-corrected chi connectivity index (χ2v) is 18.6. The number of carbonyl (C=O) groups is 1. The molecule has 0 saturated carbocycles. The van der Waals surface area contributed by atoms with Gasteiger partial charge in [0, 0.05) is 6.42 Å². The number of nitrogens with one attached hydrogen (secondary N) is 1. The molecule has 3 N–H and O–H groups in total. The van der Waals surface area contributed by atoms with Gasteiger partial charge in [-0.3, -0.25) is 13.8 Å². The van der Waals surface area contributed by atoms with Crippen molar-refractivity contribution in [1.29, 1.82) is 0 Å². The predicted octanol–water partition coefficient (Wildman–Crippen LogP) is 13.4. The van der Waals surface area contributed by atoms with Gasteiger partial charge in [-0.1, -0.05) is 190 Å². The van der Waals surface area contributed by atoms with Crippen molar-refractivity contribution < 1.29 is 32.9 Å². The summed E-state index contributed by atoms with van der Waals surface area (Å²) < 4.78 is 23.4. The summed E-state index contributed by atoms with van der Waals surface area (Å²) in [5.41, 5.74) is 0. The molecular weight excluding hydrogens is 744 g/mol. The van der Waals surface area contributed by atoms with Crippen LogP contribution in [0.2, 0.25) is 0 Å². The summed E-state index contributed by atoms with van der Waals surface area (Å²) in [4.78, 5) is 23.0. The molecule has 8 nitrogen and oxygen atoms in total. The molecule has 3 unspecified atom stereocenters. The Balaban J connectivity index is 4.00. The third kappa shape index (κ3) is 42.3. The molecule has 0 aliphatic heterocycles. The third-order valence-electron chi connectivity index (χ3n) is 10.2. The molecule has 1 amide bonds. The molecule has 338 valence electrons. The van der Waals surface area contributed by atoms with Gasteiger partial charge >= 0.3 is 7.82 Å². The molecule has 3 atom stereocenters. The van der Waals surface area contributed by atoms with Crippen LogP contribution in [0, 0.1) is 0 Å². The fourth-order valence-corrected chi connectivity index (χ4v) is 7.24. The Hall–Kier alpha value is -1.80. The monoisotopic (exact) mass is 836 g/mol. The minimum atomic E-state index is -4.33. The molecule has 58 heavy (non-hydrogen) atoms. The molecule has 0 aromatic heterocycles. The molecule has 0 rings (SSSR count). The maximum atomic E-state index is 12.8. The van der Waals surface area contributed by atoms with Crippen molar-refractivity contribution in [2.24, 2.45) is 0 Å². The Morgan fingerprint density at radius 3 is 1.52 bits per heavy atom. The van der Waals surface area contributed by atoms with Gasteiger partial charge in [-0.2, -0.15) is 0 Å². The molecule has 0 saturated heterocycles. The Kier molecular flexibility index (Phi) is 39.3. The lowest BCUT2D eigenvalue weighted by molar-refractivity contribution is -0.870. The van der Waals surface area contributed by atoms with Crippen LogP contribution in [-0.2, 0) is 18.4 Å². The number of aliphatic hydroxyl groups is 1. The minimum Gasteiger partial charge on any atom is -0.387 e. The number of nitrogens with zero attached hydrogens (tertiary/aromatic N) is 1. The van der Waals surface area contributed by atoms with Crippen LogP contribution in [0.25, 0.3) is 0 Å². The Morgan fingerprint density at radius 1 is 0.603 bits per heavy atom. The molecule has 9 heteroatoms. The first-order chi connectivity index (χ1) is 28.0. The molecule has 0 spiro atoms. The lowest BCUT2D eigenvalue weighted by Crippen LogP contribution is -2.45. The highest BCUT2D eigenvalue weighted by Crippen LogP contribution is 2.43. The van der Waals surface area contributed by atoms with E-state index in [2.05, 4.69) is 67.8 Å². The zero-order valence-electron chi connectivity index (χ0n) is 38.3. The number of phosphoric acid groups is 1. The van der Waals surface area contributed by atoms with Crippen LogP contribution in [0.1, 0.15) is 194 Å². The average molecular weight is 836 g/mol. The number of hydrogen-bond acceptors (Lipinski definition) is 5. The Labute approximate surface area is 358 Å². The van der Waals surface area contributed by atoms with Gasteiger partial charge in [-0.05, 0) is 57.8 Å². The van der Waals surface area contributed by atoms with Gasteiger partial charge in [0.05, 0.1) is 39.9 Å². The SMILES string of the molecule is CC/C=C\C/C=C\C/C=C\C/C=C\CCCCCCCCCCCCCCCCCCC(=O)NC(COP(=O)(O)OCC[N+](C)(C)C)C(O)/C=C/CCCCCCC. The largest absolute Gasteiger partial charge is 0.472 e. The summed E-state index contributed by atoms with van der Waals surface area (Å²) in [6.45, 7) is 4.63. The normalized spacial score (nSPS) is 14.8. The molecule has 0 fully saturated rings. The number of rotatable bonds is 42. The zero-order chi connectivity index (χ0) is 42.8. The van der Waals surface area contributed by atoms with Gasteiger partial charge in [-0.15, -0.1) is 0 Å². The topological polar surface area (TPSA) is 105 Å². The van der Waals surface area contributed by atoms with Crippen LogP contribution in [0.15, 0.2) is 60.8 Å². The minimum absolute atomic E-state index is 0.0599. The Bertz CT molecular complexity index is 1130. The number of likely N-dealkylation sites (N-methyl/N-ethyl adjacent to an activating group) is 1. The van der Waals surface area contributed by atoms with Crippen molar-refractivity contribution in [2.45, 2.75) is 206 Å². The first-order valence-electron chi connectivity index (χ1n) is 23.7. The summed E-state index contributed by atoms with van der Waals surface area (Å²) in [6.07, 6.45) is 53.3. The highest BCUT2D eigenvalue weighted by molar-refractivity contribution is 7.47. The fraction of sp³-hybridized carbons (Fsp3) is 0.776. The van der Waals surface area contributed by atoms with E-state index in [1.165, 1.54) is 109 Å². The van der Waals surface area contributed by atoms with Gasteiger partial charge in [0.2, 0.25) is 5.91 Å². The lowest BCUT2D eigenvalue weighted by atomic mass is 10.0. The first kappa shape index (κ1) is 56.2. The van der Waals surface area contributed by atoms with Crippen LogP contribution < -0.4 is 5.32 Å². The fourth-order valence-electron chi connectivity index (χ4n) is 6.50. The van der Waals surface area contributed by atoms with Gasteiger partial charge < -0.3 is 19.8 Å². The van der Waals surface area contributed by atoms with Crippen LogP contribution in [-0.4, -0.2) is 73.4 Å². The van der Waals surface area contributed by atoms with E-state index in [1.807, 2.05) is 27.2 Å². The molecule has 0 aromatic rings. The van der Waals surface area contributed by atoms with E-state index >= 15 is 0 Å². The number of carbonyl (C=O) groups excluding carboxylic acids is 1. The number of allylic oxidation sites excluding steroid dienone is 9. The standard InChI is InChI=1S/C49H91N2O6P/c1-6-8-10-12-14-15-16-17-18-19-20-21-22-23-24-25-26-27-28-29-30-31-32-33-34-35-37-39-41-43-49(53)50-47(48(52)42-40-38-36-13-11-9-7-2)46-57-58(54,55)56-45-44-51(3,4)5/h8,10,14-15,17-18,20-21,40,42,47-48,52H,6-7,9,11-13,16,19,22-39,41,43-46H2,1-5H3,(H-,50,53,54,55)/p+1/b10-8-,15-14-,18-17-,21-20-,42-40+. The lowest BCUT2D eigenvalue weighted by Gasteiger charge is -2.25. The second-order valence-electron chi connectivity index (χ2n) is 17.1. The van der Waals surface area contributed by atoms with E-state index in [-0.39, 0.29) is 19.1 Å². The average Bonchev–Trinajstić information content (AvgIpc) is 3.17. The van der Waals surface area contributed by atoms with E-state index in [4.69, 9.17) is 9.05 Å². The van der Waals surface area contributed by atoms with E-state index < -0.39 is 20.0 Å². The van der Waals surface area contributed by atoms with Crippen molar-refractivity contribution in [3.05, 3.63) is 60.8 Å². The van der Waals surface area contributed by atoms with Crippen molar-refractivity contribution >= 4 is 13.7 Å². The molecular formula is C49H92N2O6P+. The number of aliphatic hydroxyl groups excluding tert-OH is 1. The molecule has 0 radical (unpaired) electrons. The maximum Gasteiger partial charge on any atom is 0.472 e. The smallest absolute Gasteiger partial charge is 0.387 e. The van der Waals surface area contributed by atoms with E-state index in [9.17, 15) is 19.4 Å². The summed E-state index contributed by atoms with van der Waals surface area (Å²) in [5.74, 6) is -0.183. The van der Waals surface area contributed by atoms with Gasteiger partial charge in [-0.25, -0.2) is 4.57 Å². The van der Waals surface area contributed by atoms with Crippen LogP contribution >= 0.6 is 7.82 Å². The highest BCUT2D eigenvalue weighted by atomic mass is 31.2. The maximum absolute atomic E-state index is 12.8. The summed E-state index contributed by atoms with van der Waals surface area (Å²) in [6, 6.07) is -0.844. The van der Waals surface area contributed by atoms with E-state index in [0.717, 1.165) is 64.2 Å². The van der Waals surface area contributed by atoms with Gasteiger partial charge in [0.15, 0.2) is 0 Å². The number of quaternary nitrogens is 1. The third-order valence-corrected chi connectivity index (χ3v) is 11.2. The molecule has 0 aliphatic rings. The van der Waals surface area contributed by atoms with Gasteiger partial charge in [0.25, 0.3) is 0 Å². The Morgan fingerprint density at radius 2 is 1.03 bits per heavy atom. The van der Waals surface area contributed by atoms with Crippen molar-refractivity contribution in [1.82, 2.24) is 5.32 Å². The second kappa shape index (κ2) is 40.6. The molecule has 0 aliphatic carbocycles. The van der Waals surface area contributed by atoms with E-state index in [0.29, 0.717) is 17.4 Å². The van der Waals surface area contributed by atoms with E-state index in [1.54, 1.807) is 6.08 Å². The van der Waals surface area contributed by atoms with Crippen molar-refractivity contribution in [3.63, 3.8) is 0 Å². The zero-order valence-corrected chi connectivity index (χ0v) is 39.2. The first-order valence-corrected chi connectivity index (χ1v) is 25.2. The van der Waals surface area contributed by atoms with Crippen LogP contribution in [0.5, 0.6) is 0 Å². The molecule has 0 aromatic carbocycles. The van der Waals surface area contributed by atoms with Gasteiger partial charge in [0.1, 0.15) is 13.2 Å². The van der Waals surface area contributed by atoms with Crippen molar-refractivity contribution in [2.75, 3.05) is 40.9 Å². The number of unbranched alkanes of at least 4 members (excludes halogenated alkanes) is 21. The summed E-state index contributed by atoms with van der Waals surface area (Å²) in [5, 5.41) is 13.7. The number of amides is 1. The quantitative estimate of drug-likeness (QED) is 0.0245. The van der Waals surface area contributed by atoms with Crippen LogP contribution in [0.4, 0.5) is 0 Å². The van der Waals surface area contributed by atoms with Crippen molar-refractivity contribution in [3.8, 4) is 0 Å². The van der Waals surface area contributed by atoms with Crippen LogP contribution in [0.3, 0.4) is 0 Å². The summed E-state index contributed by atoms with van der Waals surface area (Å²) >= 11 is 0. The predicted molar refractivity (Wildman–Crippen MR) is 249 cm³/mol. The molecule has 0 heterocycles. The number of phosphoric ester groups is 1.